The topological polar surface area (TPSA) is 81.1 Å². The average Bonchev–Trinajstić information content (AvgIpc) is 3.14. The van der Waals surface area contributed by atoms with Crippen LogP contribution in [0.3, 0.4) is 0 Å². The van der Waals surface area contributed by atoms with Gasteiger partial charge in [0.25, 0.3) is 0 Å². The highest BCUT2D eigenvalue weighted by atomic mass is 16.4. The van der Waals surface area contributed by atoms with E-state index in [-0.39, 0.29) is 37.7 Å². The second kappa shape index (κ2) is 5.56. The van der Waals surface area contributed by atoms with Crippen LogP contribution in [-0.4, -0.2) is 63.8 Å². The Labute approximate surface area is 106 Å². The van der Waals surface area contributed by atoms with Crippen molar-refractivity contribution in [3.05, 3.63) is 0 Å². The molecule has 2 N–H and O–H groups in total. The molecule has 2 saturated carbocycles. The minimum atomic E-state index is -0.881. The van der Waals surface area contributed by atoms with E-state index >= 15 is 0 Å². The number of carbonyl (C=O) groups excluding carboxylic acids is 1. The number of hydrogen-bond acceptors (Lipinski definition) is 3. The van der Waals surface area contributed by atoms with Gasteiger partial charge in [-0.3, -0.25) is 4.79 Å². The van der Waals surface area contributed by atoms with Crippen LogP contribution in [0.4, 0.5) is 4.79 Å². The summed E-state index contributed by atoms with van der Waals surface area (Å²) in [5, 5.41) is 17.7. The van der Waals surface area contributed by atoms with E-state index in [1.807, 2.05) is 0 Å². The number of nitrogens with zero attached hydrogens (tertiary/aromatic N) is 2. The van der Waals surface area contributed by atoms with Gasteiger partial charge in [0, 0.05) is 25.2 Å². The molecular weight excluding hydrogens is 236 g/mol. The van der Waals surface area contributed by atoms with Gasteiger partial charge in [-0.15, -0.1) is 0 Å². The van der Waals surface area contributed by atoms with Gasteiger partial charge in [0.2, 0.25) is 0 Å². The normalized spacial score (nSPS) is 18.5. The van der Waals surface area contributed by atoms with E-state index in [9.17, 15) is 9.59 Å². The molecule has 0 atom stereocenters. The fraction of sp³-hybridized carbons (Fsp3) is 0.833. The van der Waals surface area contributed by atoms with Crippen LogP contribution in [0.1, 0.15) is 32.1 Å². The summed E-state index contributed by atoms with van der Waals surface area (Å²) in [5.41, 5.74) is 0. The lowest BCUT2D eigenvalue weighted by molar-refractivity contribution is -0.137. The van der Waals surface area contributed by atoms with Gasteiger partial charge in [-0.2, -0.15) is 0 Å². The van der Waals surface area contributed by atoms with Crippen molar-refractivity contribution in [2.75, 3.05) is 19.7 Å². The van der Waals surface area contributed by atoms with Crippen LogP contribution in [0.2, 0.25) is 0 Å². The van der Waals surface area contributed by atoms with Crippen LogP contribution >= 0.6 is 0 Å². The van der Waals surface area contributed by atoms with Crippen LogP contribution in [0, 0.1) is 0 Å². The largest absolute Gasteiger partial charge is 0.481 e. The summed E-state index contributed by atoms with van der Waals surface area (Å²) in [7, 11) is 0. The molecule has 102 valence electrons. The van der Waals surface area contributed by atoms with E-state index < -0.39 is 5.97 Å². The summed E-state index contributed by atoms with van der Waals surface area (Å²) in [6, 6.07) is 0.350. The molecule has 0 aliphatic heterocycles. The van der Waals surface area contributed by atoms with E-state index in [1.165, 1.54) is 0 Å². The molecule has 2 aliphatic carbocycles. The first-order chi connectivity index (χ1) is 8.63. The second-order valence-corrected chi connectivity index (χ2v) is 5.00. The van der Waals surface area contributed by atoms with Crippen molar-refractivity contribution >= 4 is 12.0 Å². The van der Waals surface area contributed by atoms with Crippen LogP contribution < -0.4 is 0 Å². The van der Waals surface area contributed by atoms with Crippen LogP contribution in [0.5, 0.6) is 0 Å². The highest BCUT2D eigenvalue weighted by Crippen LogP contribution is 2.32. The van der Waals surface area contributed by atoms with Crippen molar-refractivity contribution < 1.29 is 19.8 Å². The Morgan fingerprint density at radius 2 is 1.50 bits per heavy atom. The van der Waals surface area contributed by atoms with Crippen LogP contribution in [0.25, 0.3) is 0 Å². The Morgan fingerprint density at radius 1 is 1.00 bits per heavy atom. The van der Waals surface area contributed by atoms with Gasteiger partial charge in [0.05, 0.1) is 13.0 Å². The van der Waals surface area contributed by atoms with Gasteiger partial charge in [0.1, 0.15) is 0 Å². The molecule has 2 amide bonds. The first-order valence-corrected chi connectivity index (χ1v) is 6.53. The van der Waals surface area contributed by atoms with Crippen molar-refractivity contribution in [2.24, 2.45) is 0 Å². The third-order valence-electron chi connectivity index (χ3n) is 3.37. The molecule has 0 aromatic heterocycles. The van der Waals surface area contributed by atoms with Crippen LogP contribution in [-0.2, 0) is 4.79 Å². The zero-order valence-corrected chi connectivity index (χ0v) is 10.4. The van der Waals surface area contributed by atoms with Gasteiger partial charge in [-0.1, -0.05) is 0 Å². The molecule has 0 bridgehead atoms. The Balaban J connectivity index is 1.94. The molecule has 18 heavy (non-hydrogen) atoms. The van der Waals surface area contributed by atoms with Gasteiger partial charge >= 0.3 is 12.0 Å². The van der Waals surface area contributed by atoms with E-state index in [1.54, 1.807) is 9.80 Å². The van der Waals surface area contributed by atoms with Crippen LogP contribution in [0.15, 0.2) is 0 Å². The monoisotopic (exact) mass is 256 g/mol. The maximum absolute atomic E-state index is 12.4. The third kappa shape index (κ3) is 3.35. The van der Waals surface area contributed by atoms with Crippen molar-refractivity contribution in [2.45, 2.75) is 44.2 Å². The molecule has 0 spiro atoms. The van der Waals surface area contributed by atoms with Crippen molar-refractivity contribution in [3.63, 3.8) is 0 Å². The second-order valence-electron chi connectivity index (χ2n) is 5.00. The number of aliphatic hydroxyl groups is 1. The predicted octanol–water partition coefficient (Wildman–Crippen LogP) is 0.502. The minimum Gasteiger partial charge on any atom is -0.481 e. The minimum absolute atomic E-state index is 0.0140. The molecule has 0 saturated heterocycles. The summed E-state index contributed by atoms with van der Waals surface area (Å²) in [6.45, 7) is 0.576. The molecule has 0 heterocycles. The van der Waals surface area contributed by atoms with Crippen molar-refractivity contribution in [3.8, 4) is 0 Å². The van der Waals surface area contributed by atoms with Gasteiger partial charge in [-0.05, 0) is 25.7 Å². The SMILES string of the molecule is O=C(O)CCN(C(=O)N(CCO)C1CC1)C1CC1. The summed E-state index contributed by atoms with van der Waals surface area (Å²) in [5.74, 6) is -0.881. The Bertz CT molecular complexity index is 326. The van der Waals surface area contributed by atoms with E-state index in [0.717, 1.165) is 25.7 Å². The van der Waals surface area contributed by atoms with Gasteiger partial charge < -0.3 is 20.0 Å². The summed E-state index contributed by atoms with van der Waals surface area (Å²) in [4.78, 5) is 26.3. The summed E-state index contributed by atoms with van der Waals surface area (Å²) in [6.07, 6.45) is 3.89. The maximum Gasteiger partial charge on any atom is 0.320 e. The first kappa shape index (κ1) is 13.1. The number of carbonyl (C=O) groups is 2. The standard InChI is InChI=1S/C12H20N2O4/c15-8-7-14(10-3-4-10)12(18)13(9-1-2-9)6-5-11(16)17/h9-10,15H,1-8H2,(H,16,17). The quantitative estimate of drug-likeness (QED) is 0.695. The fourth-order valence-corrected chi connectivity index (χ4v) is 2.13. The molecule has 0 aromatic carbocycles. The lowest BCUT2D eigenvalue weighted by Gasteiger charge is -2.30. The predicted molar refractivity (Wildman–Crippen MR) is 64.2 cm³/mol. The highest BCUT2D eigenvalue weighted by Gasteiger charge is 2.39. The lowest BCUT2D eigenvalue weighted by atomic mass is 10.3. The number of aliphatic hydroxyl groups excluding tert-OH is 1. The number of aliphatic carboxylic acids is 1. The molecule has 0 radical (unpaired) electrons. The van der Waals surface area contributed by atoms with E-state index in [0.29, 0.717) is 6.54 Å². The fourth-order valence-electron chi connectivity index (χ4n) is 2.13. The number of urea groups is 1. The third-order valence-corrected chi connectivity index (χ3v) is 3.37. The van der Waals surface area contributed by atoms with Crippen molar-refractivity contribution in [1.82, 2.24) is 9.80 Å². The molecule has 2 rings (SSSR count). The Hall–Kier alpha value is -1.30. The smallest absolute Gasteiger partial charge is 0.320 e. The molecule has 6 nitrogen and oxygen atoms in total. The maximum atomic E-state index is 12.4. The molecule has 6 heteroatoms. The number of carboxylic acid groups (broad SMARTS) is 1. The molecule has 2 fully saturated rings. The number of carboxylic acids is 1. The molecule has 0 aromatic rings. The van der Waals surface area contributed by atoms with Gasteiger partial charge in [0.15, 0.2) is 0 Å². The van der Waals surface area contributed by atoms with E-state index in [4.69, 9.17) is 10.2 Å². The molecule has 2 aliphatic rings. The van der Waals surface area contributed by atoms with E-state index in [2.05, 4.69) is 0 Å². The first-order valence-electron chi connectivity index (χ1n) is 6.53. The Kier molecular flexibility index (Phi) is 4.06. The summed E-state index contributed by atoms with van der Waals surface area (Å²) < 4.78 is 0. The average molecular weight is 256 g/mol. The molecular formula is C12H20N2O4. The molecule has 0 unspecified atom stereocenters. The number of amides is 2. The van der Waals surface area contributed by atoms with Crippen molar-refractivity contribution in [1.29, 1.82) is 0 Å². The zero-order valence-electron chi connectivity index (χ0n) is 10.4. The summed E-state index contributed by atoms with van der Waals surface area (Å²) >= 11 is 0. The number of hydrogen-bond donors (Lipinski definition) is 2. The number of rotatable bonds is 7. The van der Waals surface area contributed by atoms with Gasteiger partial charge in [-0.25, -0.2) is 4.79 Å². The zero-order chi connectivity index (χ0) is 13.1. The Morgan fingerprint density at radius 3 is 1.89 bits per heavy atom. The lowest BCUT2D eigenvalue weighted by Crippen LogP contribution is -2.47. The highest BCUT2D eigenvalue weighted by molar-refractivity contribution is 5.77.